The maximum absolute atomic E-state index is 12.0. The lowest BCUT2D eigenvalue weighted by Crippen LogP contribution is -2.48. The van der Waals surface area contributed by atoms with E-state index in [1.165, 1.54) is 4.31 Å². The monoisotopic (exact) mass is 320 g/mol. The Balaban J connectivity index is 2.14. The Morgan fingerprint density at radius 3 is 2.76 bits per heavy atom. The Labute approximate surface area is 109 Å². The van der Waals surface area contributed by atoms with Gasteiger partial charge in [0.1, 0.15) is 4.60 Å². The van der Waals surface area contributed by atoms with Crippen LogP contribution in [0, 0.1) is 0 Å². The predicted octanol–water partition coefficient (Wildman–Crippen LogP) is 0.406. The van der Waals surface area contributed by atoms with E-state index in [4.69, 9.17) is 0 Å². The normalized spacial score (nSPS) is 17.9. The summed E-state index contributed by atoms with van der Waals surface area (Å²) in [5.74, 6) is 0. The molecule has 1 fully saturated rings. The van der Waals surface area contributed by atoms with Crippen molar-refractivity contribution in [3.8, 4) is 0 Å². The third kappa shape index (κ3) is 3.15. The summed E-state index contributed by atoms with van der Waals surface area (Å²) in [5.41, 5.74) is 0.450. The lowest BCUT2D eigenvalue weighted by Gasteiger charge is -2.26. The average Bonchev–Trinajstić information content (AvgIpc) is 2.33. The molecule has 0 spiro atoms. The van der Waals surface area contributed by atoms with Crippen molar-refractivity contribution in [3.05, 3.63) is 22.9 Å². The topological polar surface area (TPSA) is 74.3 Å². The molecule has 2 N–H and O–H groups in total. The summed E-state index contributed by atoms with van der Waals surface area (Å²) in [4.78, 5) is 3.97. The maximum Gasteiger partial charge on any atom is 0.301 e. The van der Waals surface area contributed by atoms with Gasteiger partial charge >= 0.3 is 10.2 Å². The van der Waals surface area contributed by atoms with E-state index in [0.29, 0.717) is 36.5 Å². The van der Waals surface area contributed by atoms with Crippen LogP contribution in [0.1, 0.15) is 0 Å². The van der Waals surface area contributed by atoms with E-state index < -0.39 is 10.2 Å². The molecule has 0 atom stereocenters. The Kier molecular flexibility index (Phi) is 3.97. The molecule has 0 aromatic carbocycles. The highest BCUT2D eigenvalue weighted by Crippen LogP contribution is 2.20. The number of nitrogens with zero attached hydrogens (tertiary/aromatic N) is 2. The van der Waals surface area contributed by atoms with Crippen LogP contribution in [0.2, 0.25) is 0 Å². The van der Waals surface area contributed by atoms with Crippen molar-refractivity contribution in [2.24, 2.45) is 0 Å². The number of rotatable bonds is 3. The van der Waals surface area contributed by atoms with Gasteiger partial charge in [0.05, 0.1) is 5.69 Å². The Morgan fingerprint density at radius 1 is 1.41 bits per heavy atom. The van der Waals surface area contributed by atoms with Crippen molar-refractivity contribution in [1.82, 2.24) is 14.6 Å². The largest absolute Gasteiger partial charge is 0.314 e. The summed E-state index contributed by atoms with van der Waals surface area (Å²) in [6.07, 6.45) is 1.59. The Bertz CT molecular complexity index is 488. The van der Waals surface area contributed by atoms with Gasteiger partial charge in [0.25, 0.3) is 0 Å². The van der Waals surface area contributed by atoms with Crippen molar-refractivity contribution in [2.45, 2.75) is 0 Å². The SMILES string of the molecule is O=S(=O)(Nc1cccnc1Br)N1CCNCC1. The summed E-state index contributed by atoms with van der Waals surface area (Å²) in [5, 5.41) is 3.11. The molecule has 1 saturated heterocycles. The van der Waals surface area contributed by atoms with Gasteiger partial charge in [-0.2, -0.15) is 12.7 Å². The van der Waals surface area contributed by atoms with Gasteiger partial charge in [0.2, 0.25) is 0 Å². The van der Waals surface area contributed by atoms with Crippen LogP contribution < -0.4 is 10.0 Å². The number of hydrogen-bond donors (Lipinski definition) is 2. The second-order valence-corrected chi connectivity index (χ2v) is 6.02. The van der Waals surface area contributed by atoms with Crippen molar-refractivity contribution >= 4 is 31.8 Å². The highest BCUT2D eigenvalue weighted by molar-refractivity contribution is 9.10. The maximum atomic E-state index is 12.0. The van der Waals surface area contributed by atoms with Gasteiger partial charge < -0.3 is 5.32 Å². The minimum atomic E-state index is -3.49. The lowest BCUT2D eigenvalue weighted by atomic mass is 10.4. The molecular formula is C9H13BrN4O2S. The molecule has 0 aliphatic carbocycles. The quantitative estimate of drug-likeness (QED) is 0.791. The zero-order valence-electron chi connectivity index (χ0n) is 9.06. The first kappa shape index (κ1) is 12.7. The smallest absolute Gasteiger partial charge is 0.301 e. The van der Waals surface area contributed by atoms with E-state index in [0.717, 1.165) is 0 Å². The van der Waals surface area contributed by atoms with Crippen molar-refractivity contribution < 1.29 is 8.42 Å². The van der Waals surface area contributed by atoms with Gasteiger partial charge in [0, 0.05) is 32.4 Å². The summed E-state index contributed by atoms with van der Waals surface area (Å²) in [6, 6.07) is 3.34. The molecule has 2 heterocycles. The summed E-state index contributed by atoms with van der Waals surface area (Å²) >= 11 is 3.20. The molecule has 0 saturated carbocycles. The van der Waals surface area contributed by atoms with Gasteiger partial charge in [0.15, 0.2) is 0 Å². The van der Waals surface area contributed by atoms with Crippen LogP contribution in [0.3, 0.4) is 0 Å². The van der Waals surface area contributed by atoms with E-state index in [-0.39, 0.29) is 0 Å². The fourth-order valence-electron chi connectivity index (χ4n) is 1.55. The number of anilines is 1. The minimum absolute atomic E-state index is 0.450. The Morgan fingerprint density at radius 2 is 2.12 bits per heavy atom. The first-order chi connectivity index (χ1) is 8.09. The first-order valence-electron chi connectivity index (χ1n) is 5.19. The van der Waals surface area contributed by atoms with E-state index in [1.54, 1.807) is 18.3 Å². The standard InChI is InChI=1S/C9H13BrN4O2S/c10-9-8(2-1-3-12-9)13-17(15,16)14-6-4-11-5-7-14/h1-3,11,13H,4-7H2. The molecule has 0 radical (unpaired) electrons. The molecule has 17 heavy (non-hydrogen) atoms. The third-order valence-corrected chi connectivity index (χ3v) is 4.57. The molecule has 2 rings (SSSR count). The zero-order chi connectivity index (χ0) is 12.3. The number of pyridine rings is 1. The number of halogens is 1. The molecule has 0 bridgehead atoms. The molecule has 1 aromatic heterocycles. The number of piperazine rings is 1. The Hall–Kier alpha value is -0.700. The van der Waals surface area contributed by atoms with Gasteiger partial charge in [-0.05, 0) is 28.1 Å². The molecule has 6 nitrogen and oxygen atoms in total. The first-order valence-corrected chi connectivity index (χ1v) is 7.42. The lowest BCUT2D eigenvalue weighted by molar-refractivity contribution is 0.362. The van der Waals surface area contributed by atoms with Gasteiger partial charge in [-0.15, -0.1) is 0 Å². The van der Waals surface area contributed by atoms with Crippen LogP contribution >= 0.6 is 15.9 Å². The highest BCUT2D eigenvalue weighted by atomic mass is 79.9. The van der Waals surface area contributed by atoms with Crippen LogP contribution in [0.4, 0.5) is 5.69 Å². The van der Waals surface area contributed by atoms with Gasteiger partial charge in [-0.3, -0.25) is 4.72 Å². The highest BCUT2D eigenvalue weighted by Gasteiger charge is 2.24. The molecule has 1 aliphatic heterocycles. The fourth-order valence-corrected chi connectivity index (χ4v) is 3.27. The fraction of sp³-hybridized carbons (Fsp3) is 0.444. The van der Waals surface area contributed by atoms with Crippen LogP contribution in [0.5, 0.6) is 0 Å². The van der Waals surface area contributed by atoms with Crippen molar-refractivity contribution in [1.29, 1.82) is 0 Å². The molecule has 8 heteroatoms. The van der Waals surface area contributed by atoms with Gasteiger partial charge in [-0.1, -0.05) is 0 Å². The third-order valence-electron chi connectivity index (χ3n) is 2.41. The van der Waals surface area contributed by atoms with Crippen LogP contribution in [0.15, 0.2) is 22.9 Å². The van der Waals surface area contributed by atoms with Crippen molar-refractivity contribution in [3.63, 3.8) is 0 Å². The second-order valence-electron chi connectivity index (χ2n) is 3.60. The molecule has 1 aromatic rings. The predicted molar refractivity (Wildman–Crippen MR) is 68.9 cm³/mol. The van der Waals surface area contributed by atoms with E-state index in [1.807, 2.05) is 0 Å². The molecule has 1 aliphatic rings. The van der Waals surface area contributed by atoms with Crippen LogP contribution in [-0.2, 0) is 10.2 Å². The number of nitrogens with one attached hydrogen (secondary N) is 2. The minimum Gasteiger partial charge on any atom is -0.314 e. The number of hydrogen-bond acceptors (Lipinski definition) is 4. The molecule has 0 amide bonds. The van der Waals surface area contributed by atoms with Crippen LogP contribution in [0.25, 0.3) is 0 Å². The molecule has 0 unspecified atom stereocenters. The average molecular weight is 321 g/mol. The van der Waals surface area contributed by atoms with E-state index >= 15 is 0 Å². The number of aromatic nitrogens is 1. The second kappa shape index (κ2) is 5.30. The summed E-state index contributed by atoms with van der Waals surface area (Å²) in [7, 11) is -3.49. The van der Waals surface area contributed by atoms with Crippen molar-refractivity contribution in [2.75, 3.05) is 30.9 Å². The van der Waals surface area contributed by atoms with E-state index in [9.17, 15) is 8.42 Å². The summed E-state index contributed by atoms with van der Waals surface area (Å²) in [6.45, 7) is 2.31. The zero-order valence-corrected chi connectivity index (χ0v) is 11.5. The van der Waals surface area contributed by atoms with Gasteiger partial charge in [-0.25, -0.2) is 4.98 Å². The van der Waals surface area contributed by atoms with E-state index in [2.05, 4.69) is 31.0 Å². The van der Waals surface area contributed by atoms with Crippen LogP contribution in [-0.4, -0.2) is 43.9 Å². The molecular weight excluding hydrogens is 308 g/mol. The summed E-state index contributed by atoms with van der Waals surface area (Å²) < 4.78 is 28.5. The molecule has 94 valence electrons.